The molecule has 1 amide bonds. The van der Waals surface area contributed by atoms with Crippen molar-refractivity contribution in [1.82, 2.24) is 9.62 Å². The van der Waals surface area contributed by atoms with Crippen molar-refractivity contribution in [1.29, 1.82) is 0 Å². The minimum atomic E-state index is -3.55. The number of carbonyl (C=O) groups excluding carboxylic acids is 1. The summed E-state index contributed by atoms with van der Waals surface area (Å²) in [6, 6.07) is 4.91. The maximum Gasteiger partial charge on any atom is 0.251 e. The van der Waals surface area contributed by atoms with E-state index in [1.165, 1.54) is 18.4 Å². The van der Waals surface area contributed by atoms with E-state index in [4.69, 9.17) is 0 Å². The second-order valence-electron chi connectivity index (χ2n) is 7.91. The number of carbonyl (C=O) groups is 1. The number of hydrogen-bond acceptors (Lipinski definition) is 3. The average molecular weight is 405 g/mol. The normalized spacial score (nSPS) is 19.0. The zero-order valence-electron chi connectivity index (χ0n) is 16.9. The summed E-state index contributed by atoms with van der Waals surface area (Å²) < 4.78 is 27.6. The van der Waals surface area contributed by atoms with Crippen LogP contribution < -0.4 is 5.32 Å². The van der Waals surface area contributed by atoms with Gasteiger partial charge in [-0.25, -0.2) is 8.42 Å². The van der Waals surface area contributed by atoms with E-state index in [2.05, 4.69) is 11.4 Å². The highest BCUT2D eigenvalue weighted by Crippen LogP contribution is 2.23. The molecule has 1 fully saturated rings. The fourth-order valence-corrected chi connectivity index (χ4v) is 5.54. The highest BCUT2D eigenvalue weighted by atomic mass is 32.2. The van der Waals surface area contributed by atoms with Crippen molar-refractivity contribution < 1.29 is 13.2 Å². The van der Waals surface area contributed by atoms with Crippen molar-refractivity contribution in [3.63, 3.8) is 0 Å². The third-order valence-electron chi connectivity index (χ3n) is 5.77. The maximum absolute atomic E-state index is 13.0. The number of benzene rings is 1. The predicted molar refractivity (Wildman–Crippen MR) is 112 cm³/mol. The number of aryl methyl sites for hydroxylation is 1. The van der Waals surface area contributed by atoms with Crippen molar-refractivity contribution >= 4 is 15.9 Å². The number of amides is 1. The van der Waals surface area contributed by atoms with Gasteiger partial charge in [0.1, 0.15) is 0 Å². The molecule has 154 valence electrons. The smallest absolute Gasteiger partial charge is 0.251 e. The Morgan fingerprint density at radius 2 is 1.82 bits per heavy atom. The Morgan fingerprint density at radius 1 is 1.07 bits per heavy atom. The molecule has 3 rings (SSSR count). The van der Waals surface area contributed by atoms with Gasteiger partial charge in [-0.15, -0.1) is 0 Å². The number of nitrogens with one attached hydrogen (secondary N) is 1. The van der Waals surface area contributed by atoms with Crippen LogP contribution in [0, 0.1) is 6.92 Å². The van der Waals surface area contributed by atoms with Crippen LogP contribution in [0.3, 0.4) is 0 Å². The zero-order valence-corrected chi connectivity index (χ0v) is 17.7. The second kappa shape index (κ2) is 9.70. The quantitative estimate of drug-likeness (QED) is 0.723. The standard InChI is InChI=1S/C22H32N2O3S/c1-18-11-12-20(28(26,27)24-15-7-2-3-8-16-24)17-21(18)22(25)23-14-13-19-9-5-4-6-10-19/h9,11-12,17H,2-8,10,13-16H2,1H3,(H,23,25). The van der Waals surface area contributed by atoms with Crippen molar-refractivity contribution in [2.75, 3.05) is 19.6 Å². The molecule has 1 aliphatic heterocycles. The van der Waals surface area contributed by atoms with Gasteiger partial charge in [0.15, 0.2) is 0 Å². The molecule has 0 radical (unpaired) electrons. The first-order valence-corrected chi connectivity index (χ1v) is 12.0. The topological polar surface area (TPSA) is 66.5 Å². The first kappa shape index (κ1) is 21.1. The van der Waals surface area contributed by atoms with Gasteiger partial charge in [0.2, 0.25) is 10.0 Å². The lowest BCUT2D eigenvalue weighted by atomic mass is 9.97. The Hall–Kier alpha value is -1.66. The molecule has 1 aromatic rings. The van der Waals surface area contributed by atoms with Gasteiger partial charge in [0.05, 0.1) is 4.90 Å². The van der Waals surface area contributed by atoms with E-state index < -0.39 is 10.0 Å². The molecule has 2 aliphatic rings. The Morgan fingerprint density at radius 3 is 2.50 bits per heavy atom. The predicted octanol–water partition coefficient (Wildman–Crippen LogP) is 4.18. The van der Waals surface area contributed by atoms with E-state index in [9.17, 15) is 13.2 Å². The second-order valence-corrected chi connectivity index (χ2v) is 9.85. The summed E-state index contributed by atoms with van der Waals surface area (Å²) in [6.07, 6.45) is 11.8. The Labute approximate surface area is 169 Å². The van der Waals surface area contributed by atoms with E-state index in [0.717, 1.165) is 50.5 Å². The molecule has 0 atom stereocenters. The molecule has 5 nitrogen and oxygen atoms in total. The number of sulfonamides is 1. The van der Waals surface area contributed by atoms with Gasteiger partial charge >= 0.3 is 0 Å². The summed E-state index contributed by atoms with van der Waals surface area (Å²) >= 11 is 0. The molecule has 1 aliphatic carbocycles. The van der Waals surface area contributed by atoms with Crippen molar-refractivity contribution in [2.24, 2.45) is 0 Å². The summed E-state index contributed by atoms with van der Waals surface area (Å²) in [5.74, 6) is -0.193. The third kappa shape index (κ3) is 5.23. The Balaban J connectivity index is 1.69. The first-order chi connectivity index (χ1) is 13.5. The third-order valence-corrected chi connectivity index (χ3v) is 7.67. The van der Waals surface area contributed by atoms with Gasteiger partial charge in [-0.3, -0.25) is 4.79 Å². The van der Waals surface area contributed by atoms with Crippen LogP contribution in [0.5, 0.6) is 0 Å². The van der Waals surface area contributed by atoms with Crippen LogP contribution in [-0.2, 0) is 10.0 Å². The summed E-state index contributed by atoms with van der Waals surface area (Å²) in [4.78, 5) is 12.9. The van der Waals surface area contributed by atoms with Crippen LogP contribution >= 0.6 is 0 Å². The molecular formula is C22H32N2O3S. The number of hydrogen-bond donors (Lipinski definition) is 1. The van der Waals surface area contributed by atoms with Crippen molar-refractivity contribution in [3.8, 4) is 0 Å². The fraction of sp³-hybridized carbons (Fsp3) is 0.591. The highest BCUT2D eigenvalue weighted by molar-refractivity contribution is 7.89. The average Bonchev–Trinajstić information content (AvgIpc) is 2.99. The molecule has 0 aromatic heterocycles. The minimum Gasteiger partial charge on any atom is -0.352 e. The Kier molecular flexibility index (Phi) is 7.30. The fourth-order valence-electron chi connectivity index (χ4n) is 4.00. The summed E-state index contributed by atoms with van der Waals surface area (Å²) in [5, 5.41) is 2.97. The van der Waals surface area contributed by atoms with Crippen LogP contribution in [0.15, 0.2) is 34.7 Å². The van der Waals surface area contributed by atoms with Crippen molar-refractivity contribution in [2.45, 2.75) is 69.6 Å². The first-order valence-electron chi connectivity index (χ1n) is 10.6. The van der Waals surface area contributed by atoms with Gasteiger partial charge in [0, 0.05) is 25.2 Å². The van der Waals surface area contributed by atoms with Gasteiger partial charge in [-0.05, 0) is 69.6 Å². The summed E-state index contributed by atoms with van der Waals surface area (Å²) in [5.41, 5.74) is 2.67. The number of rotatable bonds is 6. The highest BCUT2D eigenvalue weighted by Gasteiger charge is 2.26. The van der Waals surface area contributed by atoms with Crippen LogP contribution in [-0.4, -0.2) is 38.3 Å². The van der Waals surface area contributed by atoms with E-state index in [-0.39, 0.29) is 10.8 Å². The lowest BCUT2D eigenvalue weighted by molar-refractivity contribution is 0.0953. The molecule has 1 aromatic carbocycles. The molecule has 1 saturated heterocycles. The largest absolute Gasteiger partial charge is 0.352 e. The van der Waals surface area contributed by atoms with Gasteiger partial charge in [-0.1, -0.05) is 30.6 Å². The molecule has 1 heterocycles. The Bertz CT molecular complexity index is 822. The summed E-state index contributed by atoms with van der Waals surface area (Å²) in [6.45, 7) is 3.56. The van der Waals surface area contributed by atoms with Crippen LogP contribution in [0.2, 0.25) is 0 Å². The van der Waals surface area contributed by atoms with E-state index in [1.807, 2.05) is 6.92 Å². The SMILES string of the molecule is Cc1ccc(S(=O)(=O)N2CCCCCC2)cc1C(=O)NCCC1=CCCCC1. The molecule has 0 spiro atoms. The maximum atomic E-state index is 13.0. The van der Waals surface area contributed by atoms with Gasteiger partial charge in [0.25, 0.3) is 5.91 Å². The molecular weight excluding hydrogens is 372 g/mol. The monoisotopic (exact) mass is 404 g/mol. The zero-order chi connectivity index (χ0) is 20.0. The molecule has 28 heavy (non-hydrogen) atoms. The molecule has 0 bridgehead atoms. The van der Waals surface area contributed by atoms with E-state index in [0.29, 0.717) is 25.2 Å². The van der Waals surface area contributed by atoms with Crippen LogP contribution in [0.1, 0.15) is 73.7 Å². The minimum absolute atomic E-state index is 0.193. The van der Waals surface area contributed by atoms with E-state index >= 15 is 0 Å². The van der Waals surface area contributed by atoms with Gasteiger partial charge in [-0.2, -0.15) is 4.31 Å². The van der Waals surface area contributed by atoms with Crippen LogP contribution in [0.25, 0.3) is 0 Å². The lowest BCUT2D eigenvalue weighted by Crippen LogP contribution is -2.32. The number of nitrogens with zero attached hydrogens (tertiary/aromatic N) is 1. The molecule has 1 N–H and O–H groups in total. The molecule has 0 unspecified atom stereocenters. The van der Waals surface area contributed by atoms with E-state index in [1.54, 1.807) is 22.5 Å². The van der Waals surface area contributed by atoms with Gasteiger partial charge < -0.3 is 5.32 Å². The van der Waals surface area contributed by atoms with Crippen LogP contribution in [0.4, 0.5) is 0 Å². The van der Waals surface area contributed by atoms with Crippen molar-refractivity contribution in [3.05, 3.63) is 41.0 Å². The summed E-state index contributed by atoms with van der Waals surface area (Å²) in [7, 11) is -3.55. The molecule has 6 heteroatoms. The lowest BCUT2D eigenvalue weighted by Gasteiger charge is -2.20. The molecule has 0 saturated carbocycles. The number of allylic oxidation sites excluding steroid dienone is 1.